The number of hydrogen-bond donors (Lipinski definition) is 1. The molecule has 9 heteroatoms. The monoisotopic (exact) mass is 425 g/mol. The maximum absolute atomic E-state index is 13.0. The number of rotatable bonds is 8. The molecule has 1 N–H and O–H groups in total. The van der Waals surface area contributed by atoms with Crippen LogP contribution in [0.3, 0.4) is 0 Å². The SMILES string of the molecule is CC(=O)c1cccc(NC(=O)C(C)OC(=O)CCc2nc(-c3ccc(F)cc3)no2)c1. The number of carbonyl (C=O) groups is 3. The molecule has 0 aliphatic carbocycles. The standard InChI is InChI=1S/C22H20FN3O5/c1-13(27)16-4-3-5-18(12-16)24-22(29)14(2)30-20(28)11-10-19-25-21(26-31-19)15-6-8-17(23)9-7-15/h3-9,12,14H,10-11H2,1-2H3,(H,24,29). The van der Waals surface area contributed by atoms with Crippen molar-refractivity contribution in [2.24, 2.45) is 0 Å². The van der Waals surface area contributed by atoms with Crippen LogP contribution in [0, 0.1) is 5.82 Å². The van der Waals surface area contributed by atoms with Crippen molar-refractivity contribution >= 4 is 23.3 Å². The first-order chi connectivity index (χ1) is 14.8. The fraction of sp³-hybridized carbons (Fsp3) is 0.227. The summed E-state index contributed by atoms with van der Waals surface area (Å²) >= 11 is 0. The van der Waals surface area contributed by atoms with Crippen LogP contribution in [-0.2, 0) is 20.7 Å². The Morgan fingerprint density at radius 2 is 1.90 bits per heavy atom. The topological polar surface area (TPSA) is 111 Å². The van der Waals surface area contributed by atoms with Crippen LogP contribution in [0.2, 0.25) is 0 Å². The molecule has 8 nitrogen and oxygen atoms in total. The van der Waals surface area contributed by atoms with Crippen LogP contribution in [0.15, 0.2) is 53.1 Å². The van der Waals surface area contributed by atoms with Gasteiger partial charge in [-0.05, 0) is 50.2 Å². The van der Waals surface area contributed by atoms with E-state index in [1.54, 1.807) is 24.3 Å². The second kappa shape index (κ2) is 9.75. The number of halogens is 1. The zero-order valence-electron chi connectivity index (χ0n) is 16.9. The molecule has 0 aliphatic rings. The number of nitrogens with one attached hydrogen (secondary N) is 1. The van der Waals surface area contributed by atoms with Crippen molar-refractivity contribution < 1.29 is 28.0 Å². The van der Waals surface area contributed by atoms with Crippen LogP contribution < -0.4 is 5.32 Å². The van der Waals surface area contributed by atoms with E-state index < -0.39 is 18.0 Å². The number of esters is 1. The largest absolute Gasteiger partial charge is 0.453 e. The van der Waals surface area contributed by atoms with E-state index in [9.17, 15) is 18.8 Å². The number of Topliss-reactive ketones (excluding diaryl/α,β-unsaturated/α-hetero) is 1. The molecule has 0 fully saturated rings. The fourth-order valence-corrected chi connectivity index (χ4v) is 2.65. The van der Waals surface area contributed by atoms with Gasteiger partial charge in [0.25, 0.3) is 5.91 Å². The normalized spacial score (nSPS) is 11.6. The number of ketones is 1. The van der Waals surface area contributed by atoms with Gasteiger partial charge >= 0.3 is 5.97 Å². The molecule has 1 heterocycles. The van der Waals surface area contributed by atoms with E-state index in [0.29, 0.717) is 16.8 Å². The Hall–Kier alpha value is -3.88. The van der Waals surface area contributed by atoms with Gasteiger partial charge in [-0.3, -0.25) is 14.4 Å². The average molecular weight is 425 g/mol. The van der Waals surface area contributed by atoms with Crippen molar-refractivity contribution in [3.8, 4) is 11.4 Å². The molecular formula is C22H20FN3O5. The summed E-state index contributed by atoms with van der Waals surface area (Å²) in [5.74, 6) is -1.13. The lowest BCUT2D eigenvalue weighted by atomic mass is 10.1. The first-order valence-electron chi connectivity index (χ1n) is 9.51. The smallest absolute Gasteiger partial charge is 0.307 e. The Bertz CT molecular complexity index is 1090. The minimum atomic E-state index is -1.04. The molecule has 31 heavy (non-hydrogen) atoms. The Morgan fingerprint density at radius 1 is 1.16 bits per heavy atom. The zero-order chi connectivity index (χ0) is 22.4. The van der Waals surface area contributed by atoms with E-state index in [0.717, 1.165) is 0 Å². The third-order valence-corrected chi connectivity index (χ3v) is 4.33. The summed E-state index contributed by atoms with van der Waals surface area (Å²) in [7, 11) is 0. The third kappa shape index (κ3) is 6.05. The molecule has 2 aromatic carbocycles. The predicted octanol–water partition coefficient (Wildman–Crippen LogP) is 3.58. The average Bonchev–Trinajstić information content (AvgIpc) is 3.22. The van der Waals surface area contributed by atoms with Crippen LogP contribution in [0.25, 0.3) is 11.4 Å². The molecule has 1 unspecified atom stereocenters. The summed E-state index contributed by atoms with van der Waals surface area (Å²) in [5, 5.41) is 6.41. The van der Waals surface area contributed by atoms with Gasteiger partial charge in [0.15, 0.2) is 11.9 Å². The summed E-state index contributed by atoms with van der Waals surface area (Å²) in [5.41, 5.74) is 1.47. The Labute approximate surface area is 177 Å². The highest BCUT2D eigenvalue weighted by atomic mass is 19.1. The molecule has 1 amide bonds. The lowest BCUT2D eigenvalue weighted by molar-refractivity contribution is -0.153. The van der Waals surface area contributed by atoms with E-state index in [4.69, 9.17) is 9.26 Å². The first kappa shape index (κ1) is 21.8. The Balaban J connectivity index is 1.49. The molecule has 1 atom stereocenters. The molecule has 0 spiro atoms. The van der Waals surface area contributed by atoms with Crippen LogP contribution in [-0.4, -0.2) is 33.9 Å². The van der Waals surface area contributed by atoms with Crippen molar-refractivity contribution in [3.63, 3.8) is 0 Å². The van der Waals surface area contributed by atoms with Gasteiger partial charge in [0.05, 0.1) is 6.42 Å². The Morgan fingerprint density at radius 3 is 2.61 bits per heavy atom. The quantitative estimate of drug-likeness (QED) is 0.434. The van der Waals surface area contributed by atoms with Gasteiger partial charge in [-0.2, -0.15) is 4.98 Å². The zero-order valence-corrected chi connectivity index (χ0v) is 16.9. The van der Waals surface area contributed by atoms with E-state index >= 15 is 0 Å². The maximum atomic E-state index is 13.0. The molecule has 0 bridgehead atoms. The molecule has 0 radical (unpaired) electrons. The van der Waals surface area contributed by atoms with Gasteiger partial charge < -0.3 is 14.6 Å². The van der Waals surface area contributed by atoms with Crippen molar-refractivity contribution in [2.75, 3.05) is 5.32 Å². The molecule has 0 saturated heterocycles. The van der Waals surface area contributed by atoms with Crippen molar-refractivity contribution in [2.45, 2.75) is 32.8 Å². The first-order valence-corrected chi connectivity index (χ1v) is 9.51. The van der Waals surface area contributed by atoms with Crippen molar-refractivity contribution in [1.29, 1.82) is 0 Å². The third-order valence-electron chi connectivity index (χ3n) is 4.33. The van der Waals surface area contributed by atoms with E-state index in [-0.39, 0.29) is 36.2 Å². The molecule has 160 valence electrons. The molecule has 0 aliphatic heterocycles. The van der Waals surface area contributed by atoms with Crippen molar-refractivity contribution in [1.82, 2.24) is 10.1 Å². The number of anilines is 1. The predicted molar refractivity (Wildman–Crippen MR) is 109 cm³/mol. The highest BCUT2D eigenvalue weighted by Crippen LogP contribution is 2.17. The molecule has 1 aromatic heterocycles. The van der Waals surface area contributed by atoms with Gasteiger partial charge in [-0.1, -0.05) is 17.3 Å². The van der Waals surface area contributed by atoms with Crippen molar-refractivity contribution in [3.05, 3.63) is 65.8 Å². The van der Waals surface area contributed by atoms with Crippen LogP contribution >= 0.6 is 0 Å². The Kier molecular flexibility index (Phi) is 6.86. The second-order valence-electron chi connectivity index (χ2n) is 6.78. The molecule has 3 aromatic rings. The number of aryl methyl sites for hydroxylation is 1. The summed E-state index contributed by atoms with van der Waals surface area (Å²) < 4.78 is 23.2. The lowest BCUT2D eigenvalue weighted by Gasteiger charge is -2.13. The molecule has 3 rings (SSSR count). The summed E-state index contributed by atoms with van der Waals surface area (Å²) in [4.78, 5) is 39.9. The number of carbonyl (C=O) groups excluding carboxylic acids is 3. The number of nitrogens with zero attached hydrogens (tertiary/aromatic N) is 2. The number of benzene rings is 2. The summed E-state index contributed by atoms with van der Waals surface area (Å²) in [6.07, 6.45) is -0.976. The summed E-state index contributed by atoms with van der Waals surface area (Å²) in [6.45, 7) is 2.87. The summed E-state index contributed by atoms with van der Waals surface area (Å²) in [6, 6.07) is 12.1. The highest BCUT2D eigenvalue weighted by molar-refractivity contribution is 5.98. The lowest BCUT2D eigenvalue weighted by Crippen LogP contribution is -2.30. The second-order valence-corrected chi connectivity index (χ2v) is 6.78. The van der Waals surface area contributed by atoms with E-state index in [1.165, 1.54) is 38.1 Å². The van der Waals surface area contributed by atoms with Gasteiger partial charge in [0.2, 0.25) is 11.7 Å². The molecular weight excluding hydrogens is 405 g/mol. The van der Waals surface area contributed by atoms with E-state index in [2.05, 4.69) is 15.5 Å². The molecule has 0 saturated carbocycles. The minimum absolute atomic E-state index is 0.0670. The number of aromatic nitrogens is 2. The number of amides is 1. The number of hydrogen-bond acceptors (Lipinski definition) is 7. The van der Waals surface area contributed by atoms with E-state index in [1.807, 2.05) is 0 Å². The van der Waals surface area contributed by atoms with Crippen LogP contribution in [0.5, 0.6) is 0 Å². The van der Waals surface area contributed by atoms with Crippen LogP contribution in [0.4, 0.5) is 10.1 Å². The fourth-order valence-electron chi connectivity index (χ4n) is 2.65. The highest BCUT2D eigenvalue weighted by Gasteiger charge is 2.19. The maximum Gasteiger partial charge on any atom is 0.307 e. The minimum Gasteiger partial charge on any atom is -0.453 e. The van der Waals surface area contributed by atoms with Crippen LogP contribution in [0.1, 0.15) is 36.5 Å². The van der Waals surface area contributed by atoms with Gasteiger partial charge in [-0.25, -0.2) is 4.39 Å². The number of ether oxygens (including phenoxy) is 1. The van der Waals surface area contributed by atoms with Gasteiger partial charge in [0.1, 0.15) is 5.82 Å². The van der Waals surface area contributed by atoms with Gasteiger partial charge in [0, 0.05) is 23.2 Å². The van der Waals surface area contributed by atoms with Gasteiger partial charge in [-0.15, -0.1) is 0 Å².